The maximum atomic E-state index is 12.2. The van der Waals surface area contributed by atoms with Gasteiger partial charge in [0.1, 0.15) is 10.6 Å². The molecule has 0 radical (unpaired) electrons. The standard InChI is InChI=1S/C15H17NO3S/c1-19-14-9-5-6-10-15(14)20(17,18)16-12-11-13-7-3-2-4-8-13/h2-10,16H,11-12H2,1H3. The Bertz CT molecular complexity index is 654. The highest BCUT2D eigenvalue weighted by atomic mass is 32.2. The molecule has 0 saturated heterocycles. The van der Waals surface area contributed by atoms with Gasteiger partial charge >= 0.3 is 0 Å². The van der Waals surface area contributed by atoms with Crippen LogP contribution in [0.3, 0.4) is 0 Å². The van der Waals surface area contributed by atoms with E-state index in [0.717, 1.165) is 5.56 Å². The van der Waals surface area contributed by atoms with Crippen LogP contribution in [0.15, 0.2) is 59.5 Å². The van der Waals surface area contributed by atoms with Gasteiger partial charge in [-0.3, -0.25) is 0 Å². The van der Waals surface area contributed by atoms with Crippen molar-refractivity contribution < 1.29 is 13.2 Å². The zero-order chi connectivity index (χ0) is 14.4. The largest absolute Gasteiger partial charge is 0.495 e. The van der Waals surface area contributed by atoms with Crippen molar-refractivity contribution in [3.05, 3.63) is 60.2 Å². The fourth-order valence-electron chi connectivity index (χ4n) is 1.89. The third kappa shape index (κ3) is 3.59. The molecule has 2 aromatic carbocycles. The number of benzene rings is 2. The lowest BCUT2D eigenvalue weighted by molar-refractivity contribution is 0.402. The lowest BCUT2D eigenvalue weighted by Gasteiger charge is -2.10. The first-order chi connectivity index (χ1) is 9.63. The Balaban J connectivity index is 2.04. The molecule has 1 N–H and O–H groups in total. The average molecular weight is 291 g/mol. The molecule has 106 valence electrons. The first-order valence-electron chi connectivity index (χ1n) is 6.30. The van der Waals surface area contributed by atoms with Crippen LogP contribution in [0.4, 0.5) is 0 Å². The van der Waals surface area contributed by atoms with Crippen LogP contribution in [0.5, 0.6) is 5.75 Å². The zero-order valence-corrected chi connectivity index (χ0v) is 12.1. The van der Waals surface area contributed by atoms with E-state index >= 15 is 0 Å². The summed E-state index contributed by atoms with van der Waals surface area (Å²) in [5.41, 5.74) is 1.09. The van der Waals surface area contributed by atoms with Gasteiger partial charge in [0.05, 0.1) is 7.11 Å². The molecule has 4 nitrogen and oxygen atoms in total. The molecule has 0 unspecified atom stereocenters. The normalized spacial score (nSPS) is 11.2. The summed E-state index contributed by atoms with van der Waals surface area (Å²) in [5.74, 6) is 0.347. The van der Waals surface area contributed by atoms with Crippen molar-refractivity contribution in [1.82, 2.24) is 4.72 Å². The maximum absolute atomic E-state index is 12.2. The van der Waals surface area contributed by atoms with E-state index in [1.165, 1.54) is 13.2 Å². The Morgan fingerprint density at radius 3 is 2.35 bits per heavy atom. The van der Waals surface area contributed by atoms with Gasteiger partial charge in [-0.05, 0) is 24.1 Å². The minimum atomic E-state index is -3.55. The quantitative estimate of drug-likeness (QED) is 0.888. The van der Waals surface area contributed by atoms with E-state index in [4.69, 9.17) is 4.74 Å². The van der Waals surface area contributed by atoms with Gasteiger partial charge in [-0.1, -0.05) is 42.5 Å². The Morgan fingerprint density at radius 2 is 1.65 bits per heavy atom. The maximum Gasteiger partial charge on any atom is 0.244 e. The predicted octanol–water partition coefficient (Wildman–Crippen LogP) is 2.22. The summed E-state index contributed by atoms with van der Waals surface area (Å²) in [7, 11) is -2.09. The number of methoxy groups -OCH3 is 1. The molecule has 0 amide bonds. The summed E-state index contributed by atoms with van der Waals surface area (Å²) in [6, 6.07) is 16.3. The van der Waals surface area contributed by atoms with E-state index in [9.17, 15) is 8.42 Å². The van der Waals surface area contributed by atoms with Gasteiger partial charge in [0, 0.05) is 6.54 Å². The van der Waals surface area contributed by atoms with Crippen molar-refractivity contribution in [1.29, 1.82) is 0 Å². The van der Waals surface area contributed by atoms with Crippen LogP contribution >= 0.6 is 0 Å². The third-order valence-electron chi connectivity index (χ3n) is 2.91. The van der Waals surface area contributed by atoms with Gasteiger partial charge in [-0.2, -0.15) is 0 Å². The lowest BCUT2D eigenvalue weighted by atomic mass is 10.2. The highest BCUT2D eigenvalue weighted by Gasteiger charge is 2.17. The van der Waals surface area contributed by atoms with E-state index < -0.39 is 10.0 Å². The molecule has 0 heterocycles. The molecule has 20 heavy (non-hydrogen) atoms. The number of rotatable bonds is 6. The number of hydrogen-bond acceptors (Lipinski definition) is 3. The van der Waals surface area contributed by atoms with Crippen LogP contribution in [0.2, 0.25) is 0 Å². The van der Waals surface area contributed by atoms with E-state index in [1.54, 1.807) is 18.2 Å². The third-order valence-corrected chi connectivity index (χ3v) is 4.41. The van der Waals surface area contributed by atoms with Crippen molar-refractivity contribution in [2.24, 2.45) is 0 Å². The van der Waals surface area contributed by atoms with Gasteiger partial charge in [-0.25, -0.2) is 13.1 Å². The molecule has 0 aliphatic carbocycles. The number of sulfonamides is 1. The van der Waals surface area contributed by atoms with Crippen molar-refractivity contribution in [2.45, 2.75) is 11.3 Å². The van der Waals surface area contributed by atoms with Crippen LogP contribution in [0, 0.1) is 0 Å². The Morgan fingerprint density at radius 1 is 1.00 bits per heavy atom. The average Bonchev–Trinajstić information content (AvgIpc) is 2.48. The monoisotopic (exact) mass is 291 g/mol. The highest BCUT2D eigenvalue weighted by Crippen LogP contribution is 2.22. The van der Waals surface area contributed by atoms with Gasteiger partial charge in [0.15, 0.2) is 0 Å². The molecular formula is C15H17NO3S. The van der Waals surface area contributed by atoms with Gasteiger partial charge in [-0.15, -0.1) is 0 Å². The van der Waals surface area contributed by atoms with Crippen LogP contribution in [0.1, 0.15) is 5.56 Å². The second kappa shape index (κ2) is 6.54. The summed E-state index contributed by atoms with van der Waals surface area (Å²) in [6.07, 6.45) is 0.648. The van der Waals surface area contributed by atoms with Gasteiger partial charge in [0.25, 0.3) is 0 Å². The van der Waals surface area contributed by atoms with Crippen LogP contribution in [-0.2, 0) is 16.4 Å². The van der Waals surface area contributed by atoms with Crippen LogP contribution < -0.4 is 9.46 Å². The summed E-state index contributed by atoms with van der Waals surface area (Å²) < 4.78 is 32.1. The summed E-state index contributed by atoms with van der Waals surface area (Å²) >= 11 is 0. The first kappa shape index (κ1) is 14.6. The van der Waals surface area contributed by atoms with Gasteiger partial charge in [0.2, 0.25) is 10.0 Å². The second-order valence-electron chi connectivity index (χ2n) is 4.28. The SMILES string of the molecule is COc1ccccc1S(=O)(=O)NCCc1ccccc1. The molecule has 0 bridgehead atoms. The molecule has 0 saturated carbocycles. The van der Waals surface area contributed by atoms with E-state index in [2.05, 4.69) is 4.72 Å². The van der Waals surface area contributed by atoms with Gasteiger partial charge < -0.3 is 4.74 Å². The van der Waals surface area contributed by atoms with Crippen LogP contribution in [0.25, 0.3) is 0 Å². The molecule has 0 aliphatic rings. The fourth-order valence-corrected chi connectivity index (χ4v) is 3.09. The summed E-state index contributed by atoms with van der Waals surface area (Å²) in [5, 5.41) is 0. The number of ether oxygens (including phenoxy) is 1. The topological polar surface area (TPSA) is 55.4 Å². The minimum Gasteiger partial charge on any atom is -0.495 e. The molecule has 2 rings (SSSR count). The van der Waals surface area contributed by atoms with Crippen molar-refractivity contribution in [3.8, 4) is 5.75 Å². The molecule has 5 heteroatoms. The summed E-state index contributed by atoms with van der Waals surface area (Å²) in [4.78, 5) is 0.163. The van der Waals surface area contributed by atoms with E-state index in [-0.39, 0.29) is 4.90 Å². The fraction of sp³-hybridized carbons (Fsp3) is 0.200. The zero-order valence-electron chi connectivity index (χ0n) is 11.2. The Kier molecular flexibility index (Phi) is 4.76. The highest BCUT2D eigenvalue weighted by molar-refractivity contribution is 7.89. The molecule has 0 aliphatic heterocycles. The predicted molar refractivity (Wildman–Crippen MR) is 78.3 cm³/mol. The Labute approximate surface area is 119 Å². The van der Waals surface area contributed by atoms with Crippen molar-refractivity contribution >= 4 is 10.0 Å². The van der Waals surface area contributed by atoms with Crippen LogP contribution in [-0.4, -0.2) is 22.1 Å². The number of nitrogens with one attached hydrogen (secondary N) is 1. The second-order valence-corrected chi connectivity index (χ2v) is 6.02. The Hall–Kier alpha value is -1.85. The minimum absolute atomic E-state index is 0.163. The van der Waals surface area contributed by atoms with Crippen molar-refractivity contribution in [2.75, 3.05) is 13.7 Å². The number of hydrogen-bond donors (Lipinski definition) is 1. The van der Waals surface area contributed by atoms with Crippen molar-refractivity contribution in [3.63, 3.8) is 0 Å². The van der Waals surface area contributed by atoms with E-state index in [0.29, 0.717) is 18.7 Å². The first-order valence-corrected chi connectivity index (χ1v) is 7.78. The smallest absolute Gasteiger partial charge is 0.244 e. The molecule has 0 aromatic heterocycles. The molecular weight excluding hydrogens is 274 g/mol. The lowest BCUT2D eigenvalue weighted by Crippen LogP contribution is -2.26. The molecule has 0 spiro atoms. The molecule has 0 fully saturated rings. The molecule has 2 aromatic rings. The summed E-state index contributed by atoms with van der Waals surface area (Å²) in [6.45, 7) is 0.352. The number of para-hydroxylation sites is 1. The molecule has 0 atom stereocenters. The van der Waals surface area contributed by atoms with E-state index in [1.807, 2.05) is 30.3 Å².